The number of aromatic nitrogens is 1. The van der Waals surface area contributed by atoms with Crippen LogP contribution in [0, 0.1) is 5.82 Å². The van der Waals surface area contributed by atoms with Crippen LogP contribution in [0.2, 0.25) is 10.3 Å². The van der Waals surface area contributed by atoms with Gasteiger partial charge in [-0.25, -0.2) is 9.37 Å². The Bertz CT molecular complexity index is 535. The third-order valence-electron chi connectivity index (χ3n) is 2.52. The van der Waals surface area contributed by atoms with Gasteiger partial charge in [0.15, 0.2) is 0 Å². The Labute approximate surface area is 109 Å². The SMILES string of the molecule is CCc1cc(F)ccc1-c1cc(Cl)nc(Cl)c1. The van der Waals surface area contributed by atoms with E-state index in [1.54, 1.807) is 18.2 Å². The van der Waals surface area contributed by atoms with E-state index in [-0.39, 0.29) is 5.82 Å². The number of hydrogen-bond acceptors (Lipinski definition) is 1. The van der Waals surface area contributed by atoms with Crippen molar-refractivity contribution in [1.29, 1.82) is 0 Å². The Morgan fingerprint density at radius 2 is 1.76 bits per heavy atom. The zero-order valence-electron chi connectivity index (χ0n) is 9.17. The molecule has 1 heterocycles. The van der Waals surface area contributed by atoms with E-state index in [0.29, 0.717) is 10.3 Å². The quantitative estimate of drug-likeness (QED) is 0.717. The first kappa shape index (κ1) is 12.3. The summed E-state index contributed by atoms with van der Waals surface area (Å²) in [6, 6.07) is 8.13. The minimum absolute atomic E-state index is 0.239. The first-order valence-electron chi connectivity index (χ1n) is 5.22. The highest BCUT2D eigenvalue weighted by Crippen LogP contribution is 2.28. The van der Waals surface area contributed by atoms with Gasteiger partial charge in [0, 0.05) is 0 Å². The van der Waals surface area contributed by atoms with E-state index in [4.69, 9.17) is 23.2 Å². The molecular formula is C13H10Cl2FN. The molecule has 1 nitrogen and oxygen atoms in total. The maximum absolute atomic E-state index is 13.1. The number of nitrogens with zero attached hydrogens (tertiary/aromatic N) is 1. The summed E-state index contributed by atoms with van der Waals surface area (Å²) in [6.07, 6.45) is 0.741. The zero-order valence-corrected chi connectivity index (χ0v) is 10.7. The van der Waals surface area contributed by atoms with E-state index in [1.807, 2.05) is 6.92 Å². The van der Waals surface area contributed by atoms with Crippen molar-refractivity contribution in [2.75, 3.05) is 0 Å². The van der Waals surface area contributed by atoms with Crippen LogP contribution in [0.15, 0.2) is 30.3 Å². The minimum atomic E-state index is -0.239. The molecule has 0 saturated heterocycles. The molecule has 0 N–H and O–H groups in total. The third kappa shape index (κ3) is 2.76. The lowest BCUT2D eigenvalue weighted by Gasteiger charge is -2.08. The monoisotopic (exact) mass is 269 g/mol. The van der Waals surface area contributed by atoms with Crippen molar-refractivity contribution >= 4 is 23.2 Å². The highest BCUT2D eigenvalue weighted by molar-refractivity contribution is 6.32. The van der Waals surface area contributed by atoms with Gasteiger partial charge in [0.05, 0.1) is 0 Å². The maximum atomic E-state index is 13.1. The van der Waals surface area contributed by atoms with E-state index in [2.05, 4.69) is 4.98 Å². The molecule has 0 aliphatic rings. The Balaban J connectivity index is 2.59. The molecule has 0 bridgehead atoms. The molecule has 1 aromatic carbocycles. The Kier molecular flexibility index (Phi) is 3.65. The average molecular weight is 270 g/mol. The molecule has 0 saturated carbocycles. The van der Waals surface area contributed by atoms with Gasteiger partial charge in [0.25, 0.3) is 0 Å². The van der Waals surface area contributed by atoms with Crippen LogP contribution in [0.4, 0.5) is 4.39 Å². The maximum Gasteiger partial charge on any atom is 0.131 e. The summed E-state index contributed by atoms with van der Waals surface area (Å²) in [5.74, 6) is -0.239. The second-order valence-electron chi connectivity index (χ2n) is 3.66. The van der Waals surface area contributed by atoms with E-state index in [1.165, 1.54) is 12.1 Å². The molecule has 88 valence electrons. The first-order chi connectivity index (χ1) is 8.10. The predicted molar refractivity (Wildman–Crippen MR) is 69.0 cm³/mol. The normalized spacial score (nSPS) is 10.6. The van der Waals surface area contributed by atoms with Gasteiger partial charge in [-0.2, -0.15) is 0 Å². The number of rotatable bonds is 2. The lowest BCUT2D eigenvalue weighted by Crippen LogP contribution is -1.90. The highest BCUT2D eigenvalue weighted by atomic mass is 35.5. The van der Waals surface area contributed by atoms with Crippen LogP contribution in [0.25, 0.3) is 11.1 Å². The van der Waals surface area contributed by atoms with Crippen LogP contribution < -0.4 is 0 Å². The van der Waals surface area contributed by atoms with Gasteiger partial charge in [-0.05, 0) is 47.4 Å². The second-order valence-corrected chi connectivity index (χ2v) is 4.43. The number of aryl methyl sites for hydroxylation is 1. The molecule has 0 spiro atoms. The number of halogens is 3. The van der Waals surface area contributed by atoms with Crippen LogP contribution in [-0.2, 0) is 6.42 Å². The summed E-state index contributed by atoms with van der Waals surface area (Å²) in [4.78, 5) is 3.89. The lowest BCUT2D eigenvalue weighted by atomic mass is 9.99. The summed E-state index contributed by atoms with van der Waals surface area (Å²) < 4.78 is 13.1. The predicted octanol–water partition coefficient (Wildman–Crippen LogP) is 4.76. The Morgan fingerprint density at radius 3 is 2.35 bits per heavy atom. The smallest absolute Gasteiger partial charge is 0.131 e. The molecule has 0 aliphatic heterocycles. The fourth-order valence-electron chi connectivity index (χ4n) is 1.76. The van der Waals surface area contributed by atoms with Gasteiger partial charge >= 0.3 is 0 Å². The van der Waals surface area contributed by atoms with Crippen molar-refractivity contribution < 1.29 is 4.39 Å². The Hall–Kier alpha value is -1.12. The summed E-state index contributed by atoms with van der Waals surface area (Å²) in [6.45, 7) is 1.97. The molecular weight excluding hydrogens is 260 g/mol. The average Bonchev–Trinajstić information content (AvgIpc) is 2.27. The van der Waals surface area contributed by atoms with Crippen LogP contribution in [0.5, 0.6) is 0 Å². The van der Waals surface area contributed by atoms with Crippen molar-refractivity contribution in [3.05, 3.63) is 52.0 Å². The van der Waals surface area contributed by atoms with Gasteiger partial charge < -0.3 is 0 Å². The summed E-state index contributed by atoms with van der Waals surface area (Å²) >= 11 is 11.7. The molecule has 0 amide bonds. The van der Waals surface area contributed by atoms with Crippen molar-refractivity contribution in [1.82, 2.24) is 4.98 Å². The fraction of sp³-hybridized carbons (Fsp3) is 0.154. The molecule has 17 heavy (non-hydrogen) atoms. The fourth-order valence-corrected chi connectivity index (χ4v) is 2.22. The first-order valence-corrected chi connectivity index (χ1v) is 5.97. The van der Waals surface area contributed by atoms with Crippen molar-refractivity contribution in [2.24, 2.45) is 0 Å². The summed E-state index contributed by atoms with van der Waals surface area (Å²) in [5, 5.41) is 0.665. The third-order valence-corrected chi connectivity index (χ3v) is 2.91. The van der Waals surface area contributed by atoms with E-state index in [9.17, 15) is 4.39 Å². The van der Waals surface area contributed by atoms with E-state index < -0.39 is 0 Å². The largest absolute Gasteiger partial charge is 0.224 e. The molecule has 0 atom stereocenters. The van der Waals surface area contributed by atoms with Crippen molar-refractivity contribution in [2.45, 2.75) is 13.3 Å². The van der Waals surface area contributed by atoms with Crippen LogP contribution in [0.1, 0.15) is 12.5 Å². The summed E-state index contributed by atoms with van der Waals surface area (Å²) in [5.41, 5.74) is 2.70. The molecule has 2 aromatic rings. The molecule has 0 unspecified atom stereocenters. The summed E-state index contributed by atoms with van der Waals surface area (Å²) in [7, 11) is 0. The molecule has 2 rings (SSSR count). The van der Waals surface area contributed by atoms with Crippen LogP contribution in [-0.4, -0.2) is 4.98 Å². The molecule has 4 heteroatoms. The Morgan fingerprint density at radius 1 is 1.12 bits per heavy atom. The number of hydrogen-bond donors (Lipinski definition) is 0. The number of pyridine rings is 1. The highest BCUT2D eigenvalue weighted by Gasteiger charge is 2.07. The standard InChI is InChI=1S/C13H10Cl2FN/c1-2-8-5-10(16)3-4-11(8)9-6-12(14)17-13(15)7-9/h3-7H,2H2,1H3. The topological polar surface area (TPSA) is 12.9 Å². The lowest BCUT2D eigenvalue weighted by molar-refractivity contribution is 0.626. The number of benzene rings is 1. The molecule has 1 aromatic heterocycles. The van der Waals surface area contributed by atoms with Gasteiger partial charge in [-0.1, -0.05) is 36.2 Å². The van der Waals surface area contributed by atoms with Gasteiger partial charge in [-0.3, -0.25) is 0 Å². The second kappa shape index (κ2) is 5.03. The van der Waals surface area contributed by atoms with E-state index in [0.717, 1.165) is 23.1 Å². The van der Waals surface area contributed by atoms with Gasteiger partial charge in [0.1, 0.15) is 16.1 Å². The zero-order chi connectivity index (χ0) is 12.4. The van der Waals surface area contributed by atoms with E-state index >= 15 is 0 Å². The van der Waals surface area contributed by atoms with Crippen molar-refractivity contribution in [3.8, 4) is 11.1 Å². The van der Waals surface area contributed by atoms with Crippen LogP contribution >= 0.6 is 23.2 Å². The van der Waals surface area contributed by atoms with Gasteiger partial charge in [-0.15, -0.1) is 0 Å². The molecule has 0 aliphatic carbocycles. The van der Waals surface area contributed by atoms with Gasteiger partial charge in [0.2, 0.25) is 0 Å². The molecule has 0 fully saturated rings. The van der Waals surface area contributed by atoms with Crippen molar-refractivity contribution in [3.63, 3.8) is 0 Å². The minimum Gasteiger partial charge on any atom is -0.224 e. The van der Waals surface area contributed by atoms with Crippen LogP contribution in [0.3, 0.4) is 0 Å². The molecule has 0 radical (unpaired) electrons.